The Morgan fingerprint density at radius 2 is 1.55 bits per heavy atom. The lowest BCUT2D eigenvalue weighted by atomic mass is 9.85. The SMILES string of the molecule is CC(C)(C)c1cc(=O)[nH]c2cc(NC(=O)c3ccc(Oc4ccccc4)cc3)ccc12. The Balaban J connectivity index is 1.53. The van der Waals surface area contributed by atoms with E-state index in [2.05, 4.69) is 31.1 Å². The molecule has 156 valence electrons. The number of nitrogens with one attached hydrogen (secondary N) is 2. The van der Waals surface area contributed by atoms with E-state index < -0.39 is 0 Å². The zero-order chi connectivity index (χ0) is 22.0. The molecular weight excluding hydrogens is 388 g/mol. The first-order valence-corrected chi connectivity index (χ1v) is 10.1. The molecule has 5 nitrogen and oxygen atoms in total. The highest BCUT2D eigenvalue weighted by atomic mass is 16.5. The molecule has 2 N–H and O–H groups in total. The molecule has 1 heterocycles. The number of hydrogen-bond donors (Lipinski definition) is 2. The predicted molar refractivity (Wildman–Crippen MR) is 124 cm³/mol. The zero-order valence-electron chi connectivity index (χ0n) is 17.7. The topological polar surface area (TPSA) is 71.2 Å². The lowest BCUT2D eigenvalue weighted by molar-refractivity contribution is 0.102. The summed E-state index contributed by atoms with van der Waals surface area (Å²) in [5, 5.41) is 3.86. The number of rotatable bonds is 4. The number of ether oxygens (including phenoxy) is 1. The van der Waals surface area contributed by atoms with Crippen LogP contribution in [-0.4, -0.2) is 10.9 Å². The van der Waals surface area contributed by atoms with Crippen LogP contribution in [0.2, 0.25) is 0 Å². The molecule has 0 fully saturated rings. The van der Waals surface area contributed by atoms with Gasteiger partial charge in [-0.1, -0.05) is 45.0 Å². The first-order chi connectivity index (χ1) is 14.8. The lowest BCUT2D eigenvalue weighted by Crippen LogP contribution is -2.17. The molecule has 1 amide bonds. The third-order valence-corrected chi connectivity index (χ3v) is 5.00. The molecule has 0 atom stereocenters. The van der Waals surface area contributed by atoms with E-state index in [4.69, 9.17) is 4.74 Å². The van der Waals surface area contributed by atoms with Crippen LogP contribution in [0.15, 0.2) is 83.7 Å². The molecule has 4 aromatic rings. The Labute approximate surface area is 180 Å². The van der Waals surface area contributed by atoms with Gasteiger partial charge in [0.05, 0.1) is 5.52 Å². The van der Waals surface area contributed by atoms with Crippen LogP contribution in [0.1, 0.15) is 36.7 Å². The van der Waals surface area contributed by atoms with E-state index >= 15 is 0 Å². The summed E-state index contributed by atoms with van der Waals surface area (Å²) in [4.78, 5) is 27.7. The van der Waals surface area contributed by atoms with Crippen molar-refractivity contribution in [1.29, 1.82) is 0 Å². The van der Waals surface area contributed by atoms with Gasteiger partial charge in [-0.15, -0.1) is 0 Å². The highest BCUT2D eigenvalue weighted by Gasteiger charge is 2.18. The highest BCUT2D eigenvalue weighted by Crippen LogP contribution is 2.29. The minimum atomic E-state index is -0.236. The van der Waals surface area contributed by atoms with Gasteiger partial charge < -0.3 is 15.0 Å². The molecule has 0 aliphatic carbocycles. The van der Waals surface area contributed by atoms with E-state index in [1.807, 2.05) is 42.5 Å². The number of fused-ring (bicyclic) bond motifs is 1. The number of aromatic amines is 1. The van der Waals surface area contributed by atoms with Crippen LogP contribution in [0.5, 0.6) is 11.5 Å². The number of hydrogen-bond acceptors (Lipinski definition) is 3. The van der Waals surface area contributed by atoms with Crippen molar-refractivity contribution < 1.29 is 9.53 Å². The molecule has 0 bridgehead atoms. The van der Waals surface area contributed by atoms with E-state index in [0.717, 1.165) is 16.7 Å². The molecule has 0 spiro atoms. The molecule has 0 aliphatic rings. The third kappa shape index (κ3) is 4.67. The second-order valence-electron chi connectivity index (χ2n) is 8.45. The fraction of sp³-hybridized carbons (Fsp3) is 0.154. The van der Waals surface area contributed by atoms with Gasteiger partial charge in [0, 0.05) is 22.7 Å². The summed E-state index contributed by atoms with van der Waals surface area (Å²) >= 11 is 0. The number of H-pyrrole nitrogens is 1. The molecule has 31 heavy (non-hydrogen) atoms. The van der Waals surface area contributed by atoms with Crippen LogP contribution < -0.4 is 15.6 Å². The van der Waals surface area contributed by atoms with Crippen molar-refractivity contribution in [3.63, 3.8) is 0 Å². The van der Waals surface area contributed by atoms with Crippen molar-refractivity contribution in [2.24, 2.45) is 0 Å². The largest absolute Gasteiger partial charge is 0.457 e. The predicted octanol–water partition coefficient (Wildman–Crippen LogP) is 5.87. The first-order valence-electron chi connectivity index (χ1n) is 10.1. The van der Waals surface area contributed by atoms with Gasteiger partial charge in [-0.25, -0.2) is 0 Å². The van der Waals surface area contributed by atoms with Crippen LogP contribution in [0.4, 0.5) is 5.69 Å². The average Bonchev–Trinajstić information content (AvgIpc) is 2.73. The molecule has 0 unspecified atom stereocenters. The number of aromatic nitrogens is 1. The maximum Gasteiger partial charge on any atom is 0.255 e. The van der Waals surface area contributed by atoms with Crippen molar-refractivity contribution >= 4 is 22.5 Å². The van der Waals surface area contributed by atoms with Crippen LogP contribution in [0, 0.1) is 0 Å². The lowest BCUT2D eigenvalue weighted by Gasteiger charge is -2.21. The van der Waals surface area contributed by atoms with E-state index in [1.54, 1.807) is 36.4 Å². The first kappa shape index (κ1) is 20.4. The Kier molecular flexibility index (Phi) is 5.34. The fourth-order valence-electron chi connectivity index (χ4n) is 3.46. The highest BCUT2D eigenvalue weighted by molar-refractivity contribution is 6.05. The monoisotopic (exact) mass is 412 g/mol. The smallest absolute Gasteiger partial charge is 0.255 e. The minimum Gasteiger partial charge on any atom is -0.457 e. The van der Waals surface area contributed by atoms with Gasteiger partial charge in [0.2, 0.25) is 5.56 Å². The average molecular weight is 412 g/mol. The van der Waals surface area contributed by atoms with E-state index in [-0.39, 0.29) is 16.9 Å². The number of carbonyl (C=O) groups excluding carboxylic acids is 1. The van der Waals surface area contributed by atoms with Gasteiger partial charge in [-0.3, -0.25) is 9.59 Å². The summed E-state index contributed by atoms with van der Waals surface area (Å²) in [7, 11) is 0. The van der Waals surface area contributed by atoms with Gasteiger partial charge in [-0.2, -0.15) is 0 Å². The van der Waals surface area contributed by atoms with Crippen molar-refractivity contribution in [2.45, 2.75) is 26.2 Å². The number of amides is 1. The van der Waals surface area contributed by atoms with E-state index in [1.165, 1.54) is 0 Å². The normalized spacial score (nSPS) is 11.3. The Hall–Kier alpha value is -3.86. The number of pyridine rings is 1. The van der Waals surface area contributed by atoms with Crippen LogP contribution in [0.25, 0.3) is 10.9 Å². The van der Waals surface area contributed by atoms with Gasteiger partial charge in [0.15, 0.2) is 0 Å². The Morgan fingerprint density at radius 3 is 2.23 bits per heavy atom. The van der Waals surface area contributed by atoms with Crippen molar-refractivity contribution in [3.8, 4) is 11.5 Å². The van der Waals surface area contributed by atoms with Gasteiger partial charge >= 0.3 is 0 Å². The molecule has 0 saturated carbocycles. The molecule has 4 rings (SSSR count). The second kappa shape index (κ2) is 8.11. The summed E-state index contributed by atoms with van der Waals surface area (Å²) in [6.45, 7) is 6.21. The van der Waals surface area contributed by atoms with E-state index in [0.29, 0.717) is 22.5 Å². The quantitative estimate of drug-likeness (QED) is 0.440. The second-order valence-corrected chi connectivity index (χ2v) is 8.45. The maximum absolute atomic E-state index is 12.7. The molecule has 0 aliphatic heterocycles. The van der Waals surface area contributed by atoms with Crippen LogP contribution in [0.3, 0.4) is 0 Å². The van der Waals surface area contributed by atoms with Crippen molar-refractivity contribution in [3.05, 3.63) is 100 Å². The van der Waals surface area contributed by atoms with Gasteiger partial charge in [-0.05, 0) is 59.5 Å². The zero-order valence-corrected chi connectivity index (χ0v) is 17.7. The minimum absolute atomic E-state index is 0.157. The third-order valence-electron chi connectivity index (χ3n) is 5.00. The Bertz CT molecular complexity index is 1280. The number of para-hydroxylation sites is 1. The van der Waals surface area contributed by atoms with Crippen molar-refractivity contribution in [2.75, 3.05) is 5.32 Å². The Morgan fingerprint density at radius 1 is 0.871 bits per heavy atom. The number of carbonyl (C=O) groups is 1. The van der Waals surface area contributed by atoms with Crippen molar-refractivity contribution in [1.82, 2.24) is 4.98 Å². The summed E-state index contributed by atoms with van der Waals surface area (Å²) in [6.07, 6.45) is 0. The summed E-state index contributed by atoms with van der Waals surface area (Å²) < 4.78 is 5.76. The fourth-order valence-corrected chi connectivity index (χ4v) is 3.46. The van der Waals surface area contributed by atoms with Crippen LogP contribution in [-0.2, 0) is 5.41 Å². The molecule has 3 aromatic carbocycles. The number of anilines is 1. The summed E-state index contributed by atoms with van der Waals surface area (Å²) in [5.41, 5.74) is 2.47. The molecular formula is C26H24N2O3. The number of benzene rings is 3. The molecule has 0 saturated heterocycles. The molecule has 0 radical (unpaired) electrons. The maximum atomic E-state index is 12.7. The van der Waals surface area contributed by atoms with Gasteiger partial charge in [0.25, 0.3) is 5.91 Å². The summed E-state index contributed by atoms with van der Waals surface area (Å²) in [5.74, 6) is 1.15. The van der Waals surface area contributed by atoms with Crippen LogP contribution >= 0.6 is 0 Å². The molecule has 5 heteroatoms. The van der Waals surface area contributed by atoms with E-state index in [9.17, 15) is 9.59 Å². The summed E-state index contributed by atoms with van der Waals surface area (Å²) in [6, 6.07) is 23.6. The molecule has 1 aromatic heterocycles. The standard InChI is InChI=1S/C26H24N2O3/c1-26(2,3)22-16-24(29)28-23-15-18(11-14-21(22)23)27-25(30)17-9-12-20(13-10-17)31-19-7-5-4-6-8-19/h4-16H,1-3H3,(H,27,30)(H,28,29). The van der Waals surface area contributed by atoms with Gasteiger partial charge in [0.1, 0.15) is 11.5 Å².